The highest BCUT2D eigenvalue weighted by Crippen LogP contribution is 2.27. The quantitative estimate of drug-likeness (QED) is 0.586. The maximum atomic E-state index is 11.0. The number of hydrogen-bond donors (Lipinski definition) is 1. The molecular formula is C8H10O3. The van der Waals surface area contributed by atoms with Crippen molar-refractivity contribution >= 4 is 5.78 Å². The minimum atomic E-state index is -1.43. The molecule has 0 fully saturated rings. The smallest absolute Gasteiger partial charge is 0.194 e. The molecule has 0 heterocycles. The molecule has 0 saturated heterocycles. The van der Waals surface area contributed by atoms with Crippen molar-refractivity contribution in [3.8, 4) is 0 Å². The average molecular weight is 154 g/mol. The van der Waals surface area contributed by atoms with Gasteiger partial charge in [0.2, 0.25) is 0 Å². The predicted octanol–water partition coefficient (Wildman–Crippen LogP) is 0.407. The highest BCUT2D eigenvalue weighted by atomic mass is 16.5. The Morgan fingerprint density at radius 1 is 1.91 bits per heavy atom. The van der Waals surface area contributed by atoms with Gasteiger partial charge in [-0.15, -0.1) is 0 Å². The van der Waals surface area contributed by atoms with Gasteiger partial charge in [0.15, 0.2) is 11.4 Å². The molecule has 0 saturated carbocycles. The summed E-state index contributed by atoms with van der Waals surface area (Å²) in [6, 6.07) is 0. The zero-order valence-corrected chi connectivity index (χ0v) is 6.33. The molecule has 1 aliphatic carbocycles. The minimum Gasteiger partial charge on any atom is -0.501 e. The molecule has 1 unspecified atom stereocenters. The molecule has 0 aromatic heterocycles. The number of rotatable bonds is 2. The molecule has 0 amide bonds. The van der Waals surface area contributed by atoms with Gasteiger partial charge < -0.3 is 9.84 Å². The van der Waals surface area contributed by atoms with Crippen LogP contribution in [0.2, 0.25) is 0 Å². The van der Waals surface area contributed by atoms with Gasteiger partial charge in [0.25, 0.3) is 0 Å². The van der Waals surface area contributed by atoms with Crippen LogP contribution in [0, 0.1) is 0 Å². The summed E-state index contributed by atoms with van der Waals surface area (Å²) in [5.74, 6) is 0.141. The third-order valence-corrected chi connectivity index (χ3v) is 1.76. The SMILES string of the molecule is C=CC1(O)CC(OC)=CC1=O. The summed E-state index contributed by atoms with van der Waals surface area (Å²) in [7, 11) is 1.47. The summed E-state index contributed by atoms with van der Waals surface area (Å²) in [6.07, 6.45) is 2.73. The number of ether oxygens (including phenoxy) is 1. The summed E-state index contributed by atoms with van der Waals surface area (Å²) in [6.45, 7) is 3.37. The standard InChI is InChI=1S/C8H10O3/c1-3-8(10)5-6(11-2)4-7(8)9/h3-4,10H,1,5H2,2H3. The van der Waals surface area contributed by atoms with Crippen LogP contribution in [0.1, 0.15) is 6.42 Å². The molecule has 0 spiro atoms. The first-order valence-electron chi connectivity index (χ1n) is 3.27. The van der Waals surface area contributed by atoms with Gasteiger partial charge >= 0.3 is 0 Å². The Balaban J connectivity index is 2.84. The van der Waals surface area contributed by atoms with E-state index in [-0.39, 0.29) is 12.2 Å². The summed E-state index contributed by atoms with van der Waals surface area (Å²) in [4.78, 5) is 11.0. The van der Waals surface area contributed by atoms with Gasteiger partial charge in [0.1, 0.15) is 5.76 Å². The lowest BCUT2D eigenvalue weighted by Crippen LogP contribution is -2.30. The Morgan fingerprint density at radius 3 is 2.82 bits per heavy atom. The van der Waals surface area contributed by atoms with E-state index in [0.29, 0.717) is 5.76 Å². The van der Waals surface area contributed by atoms with Crippen molar-refractivity contribution in [2.24, 2.45) is 0 Å². The van der Waals surface area contributed by atoms with Crippen molar-refractivity contribution in [2.45, 2.75) is 12.0 Å². The van der Waals surface area contributed by atoms with Crippen molar-refractivity contribution in [3.63, 3.8) is 0 Å². The molecule has 0 aromatic carbocycles. The lowest BCUT2D eigenvalue weighted by molar-refractivity contribution is -0.126. The second-order valence-corrected chi connectivity index (χ2v) is 2.48. The maximum absolute atomic E-state index is 11.0. The van der Waals surface area contributed by atoms with Crippen LogP contribution in [0.15, 0.2) is 24.5 Å². The fraction of sp³-hybridized carbons (Fsp3) is 0.375. The second kappa shape index (κ2) is 2.51. The van der Waals surface area contributed by atoms with Crippen LogP contribution in [0.25, 0.3) is 0 Å². The van der Waals surface area contributed by atoms with E-state index in [2.05, 4.69) is 6.58 Å². The molecule has 3 heteroatoms. The van der Waals surface area contributed by atoms with Gasteiger partial charge in [-0.2, -0.15) is 0 Å². The Morgan fingerprint density at radius 2 is 2.55 bits per heavy atom. The first kappa shape index (κ1) is 8.01. The van der Waals surface area contributed by atoms with Crippen LogP contribution < -0.4 is 0 Å². The average Bonchev–Trinajstić information content (AvgIpc) is 2.29. The number of ketones is 1. The van der Waals surface area contributed by atoms with Crippen LogP contribution in [0.5, 0.6) is 0 Å². The molecule has 1 rings (SSSR count). The zero-order chi connectivity index (χ0) is 8.48. The molecule has 0 aliphatic heterocycles. The van der Waals surface area contributed by atoms with Gasteiger partial charge in [0, 0.05) is 12.5 Å². The van der Waals surface area contributed by atoms with E-state index in [0.717, 1.165) is 0 Å². The summed E-state index contributed by atoms with van der Waals surface area (Å²) >= 11 is 0. The van der Waals surface area contributed by atoms with Gasteiger partial charge in [-0.3, -0.25) is 4.79 Å². The summed E-state index contributed by atoms with van der Waals surface area (Å²) in [5.41, 5.74) is -1.43. The van der Waals surface area contributed by atoms with Gasteiger partial charge in [-0.25, -0.2) is 0 Å². The van der Waals surface area contributed by atoms with Crippen molar-refractivity contribution in [3.05, 3.63) is 24.5 Å². The number of methoxy groups -OCH3 is 1. The van der Waals surface area contributed by atoms with Crippen molar-refractivity contribution in [1.82, 2.24) is 0 Å². The highest BCUT2D eigenvalue weighted by Gasteiger charge is 2.38. The lowest BCUT2D eigenvalue weighted by atomic mass is 10.0. The van der Waals surface area contributed by atoms with Crippen LogP contribution in [-0.4, -0.2) is 23.6 Å². The lowest BCUT2D eigenvalue weighted by Gasteiger charge is -2.14. The van der Waals surface area contributed by atoms with Gasteiger partial charge in [-0.05, 0) is 0 Å². The monoisotopic (exact) mass is 154 g/mol. The van der Waals surface area contributed by atoms with Crippen molar-refractivity contribution in [1.29, 1.82) is 0 Å². The van der Waals surface area contributed by atoms with Crippen LogP contribution in [0.4, 0.5) is 0 Å². The first-order valence-corrected chi connectivity index (χ1v) is 3.27. The van der Waals surface area contributed by atoms with Crippen molar-refractivity contribution in [2.75, 3.05) is 7.11 Å². The minimum absolute atomic E-state index is 0.200. The normalized spacial score (nSPS) is 30.0. The fourth-order valence-corrected chi connectivity index (χ4v) is 0.979. The van der Waals surface area contributed by atoms with E-state index in [9.17, 15) is 9.90 Å². The number of aliphatic hydroxyl groups is 1. The third-order valence-electron chi connectivity index (χ3n) is 1.76. The number of carbonyl (C=O) groups excluding carboxylic acids is 1. The third kappa shape index (κ3) is 1.19. The molecule has 60 valence electrons. The largest absolute Gasteiger partial charge is 0.501 e. The van der Waals surface area contributed by atoms with Crippen LogP contribution in [-0.2, 0) is 9.53 Å². The van der Waals surface area contributed by atoms with E-state index >= 15 is 0 Å². The number of carbonyl (C=O) groups is 1. The topological polar surface area (TPSA) is 46.5 Å². The van der Waals surface area contributed by atoms with Crippen molar-refractivity contribution < 1.29 is 14.6 Å². The van der Waals surface area contributed by atoms with E-state index < -0.39 is 5.60 Å². The van der Waals surface area contributed by atoms with E-state index in [1.54, 1.807) is 0 Å². The molecule has 3 nitrogen and oxygen atoms in total. The fourth-order valence-electron chi connectivity index (χ4n) is 0.979. The van der Waals surface area contributed by atoms with E-state index in [1.165, 1.54) is 19.3 Å². The second-order valence-electron chi connectivity index (χ2n) is 2.48. The van der Waals surface area contributed by atoms with Crippen LogP contribution in [0.3, 0.4) is 0 Å². The molecule has 0 radical (unpaired) electrons. The van der Waals surface area contributed by atoms with E-state index in [4.69, 9.17) is 4.74 Å². The molecule has 1 N–H and O–H groups in total. The summed E-state index contributed by atoms with van der Waals surface area (Å²) in [5, 5.41) is 9.47. The summed E-state index contributed by atoms with van der Waals surface area (Å²) < 4.78 is 4.81. The highest BCUT2D eigenvalue weighted by molar-refractivity contribution is 6.01. The maximum Gasteiger partial charge on any atom is 0.194 e. The zero-order valence-electron chi connectivity index (χ0n) is 6.33. The molecule has 11 heavy (non-hydrogen) atoms. The van der Waals surface area contributed by atoms with Gasteiger partial charge in [-0.1, -0.05) is 12.7 Å². The molecular weight excluding hydrogens is 144 g/mol. The first-order chi connectivity index (χ1) is 5.12. The van der Waals surface area contributed by atoms with Gasteiger partial charge in [0.05, 0.1) is 7.11 Å². The Bertz CT molecular complexity index is 229. The van der Waals surface area contributed by atoms with E-state index in [1.807, 2.05) is 0 Å². The Labute approximate surface area is 65.0 Å². The number of hydrogen-bond acceptors (Lipinski definition) is 3. The molecule has 1 aliphatic rings. The molecule has 0 bridgehead atoms. The predicted molar refractivity (Wildman–Crippen MR) is 39.9 cm³/mol. The van der Waals surface area contributed by atoms with Crippen LogP contribution >= 0.6 is 0 Å². The molecule has 0 aromatic rings. The Hall–Kier alpha value is -1.09. The molecule has 1 atom stereocenters. The Kier molecular flexibility index (Phi) is 1.83.